The van der Waals surface area contributed by atoms with E-state index in [2.05, 4.69) is 48.1 Å². The molecule has 1 aromatic rings. The molecule has 0 aliphatic carbocycles. The molecule has 0 unspecified atom stereocenters. The van der Waals surface area contributed by atoms with Crippen LogP contribution >= 0.6 is 0 Å². The average Bonchev–Trinajstić information content (AvgIpc) is 2.93. The zero-order valence-corrected chi connectivity index (χ0v) is 16.0. The Balaban J connectivity index is 2.74. The first-order valence-corrected chi connectivity index (χ1v) is 10.9. The van der Waals surface area contributed by atoms with Gasteiger partial charge < -0.3 is 0 Å². The minimum atomic E-state index is -0.526. The molecule has 0 atom stereocenters. The van der Waals surface area contributed by atoms with Crippen LogP contribution in [0.4, 0.5) is 0 Å². The minimum absolute atomic E-state index is 0.526. The molecular weight excluding hydrogens is 337 g/mol. The zero-order valence-electron chi connectivity index (χ0n) is 13.1. The number of rotatable bonds is 11. The van der Waals surface area contributed by atoms with Gasteiger partial charge in [0, 0.05) is 0 Å². The summed E-state index contributed by atoms with van der Waals surface area (Å²) in [6.45, 7) is 7.02. The van der Waals surface area contributed by atoms with Gasteiger partial charge in [0.15, 0.2) is 0 Å². The third-order valence-corrected chi connectivity index (χ3v) is 9.08. The van der Waals surface area contributed by atoms with Crippen LogP contribution in [0.25, 0.3) is 0 Å². The van der Waals surface area contributed by atoms with E-state index in [9.17, 15) is 0 Å². The molecule has 1 heterocycles. The normalized spacial score (nSPS) is 11.9. The summed E-state index contributed by atoms with van der Waals surface area (Å²) in [6.07, 6.45) is 17.4. The SMILES string of the molecule is CCCC[C](CCCC)(CCCC)[Sn][n]1cccc1. The van der Waals surface area contributed by atoms with Crippen molar-refractivity contribution in [1.82, 2.24) is 2.79 Å². The molecular formula is C17H31NSn. The van der Waals surface area contributed by atoms with Crippen molar-refractivity contribution >= 4 is 21.4 Å². The molecule has 0 spiro atoms. The summed E-state index contributed by atoms with van der Waals surface area (Å²) in [5.41, 5.74) is 0. The molecule has 19 heavy (non-hydrogen) atoms. The molecule has 1 rings (SSSR count). The summed E-state index contributed by atoms with van der Waals surface area (Å²) < 4.78 is 3.29. The molecule has 0 aliphatic rings. The first-order chi connectivity index (χ1) is 9.26. The number of hydrogen-bond acceptors (Lipinski definition) is 0. The second-order valence-electron chi connectivity index (χ2n) is 5.79. The maximum atomic E-state index is 2.57. The van der Waals surface area contributed by atoms with E-state index in [1.165, 1.54) is 57.8 Å². The maximum absolute atomic E-state index is 2.57. The standard InChI is InChI=1S/C13H27.C4H4N.Sn/c1-4-7-10-13(11-8-5-2)12-9-6-3;1-2-4-5-3-1;/h4-12H2,1-3H3;1-4H;/q;-1;+1. The average molecular weight is 368 g/mol. The van der Waals surface area contributed by atoms with E-state index in [0.29, 0.717) is 3.43 Å². The van der Waals surface area contributed by atoms with Gasteiger partial charge in [-0.3, -0.25) is 0 Å². The van der Waals surface area contributed by atoms with E-state index < -0.39 is 21.4 Å². The summed E-state index contributed by atoms with van der Waals surface area (Å²) >= 11 is -0.526. The first-order valence-electron chi connectivity index (χ1n) is 8.17. The Kier molecular flexibility index (Phi) is 8.93. The van der Waals surface area contributed by atoms with Gasteiger partial charge in [0.1, 0.15) is 0 Å². The van der Waals surface area contributed by atoms with E-state index in [4.69, 9.17) is 0 Å². The van der Waals surface area contributed by atoms with Gasteiger partial charge >= 0.3 is 131 Å². The van der Waals surface area contributed by atoms with Crippen LogP contribution in [0.1, 0.15) is 78.6 Å². The molecule has 1 aromatic heterocycles. The summed E-state index contributed by atoms with van der Waals surface area (Å²) in [5.74, 6) is 0. The van der Waals surface area contributed by atoms with Gasteiger partial charge in [-0.25, -0.2) is 0 Å². The summed E-state index contributed by atoms with van der Waals surface area (Å²) in [6, 6.07) is 4.40. The molecule has 1 nitrogen and oxygen atoms in total. The van der Waals surface area contributed by atoms with Crippen LogP contribution in [0.5, 0.6) is 0 Å². The van der Waals surface area contributed by atoms with Crippen molar-refractivity contribution in [2.24, 2.45) is 0 Å². The molecule has 0 aliphatic heterocycles. The second kappa shape index (κ2) is 9.90. The van der Waals surface area contributed by atoms with Crippen LogP contribution in [-0.2, 0) is 0 Å². The zero-order chi connectivity index (χ0) is 14.0. The predicted molar refractivity (Wildman–Crippen MR) is 86.9 cm³/mol. The molecule has 0 fully saturated rings. The van der Waals surface area contributed by atoms with Crippen LogP contribution in [0.15, 0.2) is 24.5 Å². The number of aromatic nitrogens is 1. The molecule has 0 N–H and O–H groups in total. The molecule has 2 radical (unpaired) electrons. The number of hydrogen-bond donors (Lipinski definition) is 0. The van der Waals surface area contributed by atoms with Gasteiger partial charge in [-0.15, -0.1) is 0 Å². The van der Waals surface area contributed by atoms with Gasteiger partial charge in [0.2, 0.25) is 0 Å². The Morgan fingerprint density at radius 2 is 1.21 bits per heavy atom. The van der Waals surface area contributed by atoms with Gasteiger partial charge in [-0.1, -0.05) is 0 Å². The van der Waals surface area contributed by atoms with Crippen LogP contribution in [-0.4, -0.2) is 24.2 Å². The Bertz CT molecular complexity index is 283. The van der Waals surface area contributed by atoms with E-state index in [1.807, 2.05) is 0 Å². The van der Waals surface area contributed by atoms with Crippen molar-refractivity contribution in [2.45, 2.75) is 82.0 Å². The van der Waals surface area contributed by atoms with Gasteiger partial charge in [0.25, 0.3) is 0 Å². The number of nitrogens with zero attached hydrogens (tertiary/aromatic N) is 1. The third-order valence-electron chi connectivity index (χ3n) is 4.00. The van der Waals surface area contributed by atoms with Crippen LogP contribution < -0.4 is 0 Å². The van der Waals surface area contributed by atoms with Crippen molar-refractivity contribution in [3.05, 3.63) is 24.5 Å². The Morgan fingerprint density at radius 3 is 1.58 bits per heavy atom. The van der Waals surface area contributed by atoms with E-state index in [0.717, 1.165) is 0 Å². The monoisotopic (exact) mass is 369 g/mol. The van der Waals surface area contributed by atoms with E-state index >= 15 is 0 Å². The Hall–Kier alpha value is 0.0787. The quantitative estimate of drug-likeness (QED) is 0.443. The van der Waals surface area contributed by atoms with E-state index in [-0.39, 0.29) is 0 Å². The fourth-order valence-electron chi connectivity index (χ4n) is 2.77. The molecule has 0 bridgehead atoms. The van der Waals surface area contributed by atoms with Crippen LogP contribution in [0.3, 0.4) is 0 Å². The van der Waals surface area contributed by atoms with Crippen molar-refractivity contribution in [1.29, 1.82) is 0 Å². The van der Waals surface area contributed by atoms with Crippen molar-refractivity contribution in [3.8, 4) is 0 Å². The predicted octanol–water partition coefficient (Wildman–Crippen LogP) is 5.68. The second-order valence-corrected chi connectivity index (χ2v) is 10.9. The van der Waals surface area contributed by atoms with E-state index in [1.54, 1.807) is 0 Å². The molecule has 108 valence electrons. The molecule has 0 saturated heterocycles. The van der Waals surface area contributed by atoms with Crippen molar-refractivity contribution in [2.75, 3.05) is 0 Å². The van der Waals surface area contributed by atoms with Gasteiger partial charge in [-0.05, 0) is 0 Å². The van der Waals surface area contributed by atoms with Gasteiger partial charge in [0.05, 0.1) is 0 Å². The Labute approximate surface area is 130 Å². The third kappa shape index (κ3) is 6.37. The summed E-state index contributed by atoms with van der Waals surface area (Å²) in [4.78, 5) is 0. The Morgan fingerprint density at radius 1 is 0.789 bits per heavy atom. The summed E-state index contributed by atoms with van der Waals surface area (Å²) in [5, 5.41) is 0. The fraction of sp³-hybridized carbons (Fsp3) is 0.765. The molecule has 0 saturated carbocycles. The number of unbranched alkanes of at least 4 members (excludes halogenated alkanes) is 3. The van der Waals surface area contributed by atoms with Crippen molar-refractivity contribution in [3.63, 3.8) is 0 Å². The fourth-order valence-corrected chi connectivity index (χ4v) is 7.72. The topological polar surface area (TPSA) is 4.93 Å². The van der Waals surface area contributed by atoms with Crippen LogP contribution in [0, 0.1) is 0 Å². The molecule has 0 aromatic carbocycles. The van der Waals surface area contributed by atoms with Gasteiger partial charge in [-0.2, -0.15) is 0 Å². The molecule has 0 amide bonds. The van der Waals surface area contributed by atoms with Crippen molar-refractivity contribution < 1.29 is 0 Å². The summed E-state index contributed by atoms with van der Waals surface area (Å²) in [7, 11) is 0. The molecule has 2 heteroatoms. The van der Waals surface area contributed by atoms with Crippen LogP contribution in [0.2, 0.25) is 3.43 Å². The first kappa shape index (κ1) is 17.1.